The summed E-state index contributed by atoms with van der Waals surface area (Å²) in [6, 6.07) is 5.97. The Balaban J connectivity index is 2.26. The summed E-state index contributed by atoms with van der Waals surface area (Å²) in [7, 11) is 0. The SMILES string of the molecule is CC(C)(Cn1cnc(-c2cccc([N+](=O)[O-])c2)n1)C(=O)O. The van der Waals surface area contributed by atoms with Gasteiger partial charge in [0.1, 0.15) is 6.33 Å². The first-order valence-electron chi connectivity index (χ1n) is 6.17. The van der Waals surface area contributed by atoms with Crippen molar-refractivity contribution < 1.29 is 14.8 Å². The van der Waals surface area contributed by atoms with Crippen molar-refractivity contribution in [3.05, 3.63) is 40.7 Å². The van der Waals surface area contributed by atoms with Crippen LogP contribution in [-0.4, -0.2) is 30.8 Å². The lowest BCUT2D eigenvalue weighted by Gasteiger charge is -2.18. The fraction of sp³-hybridized carbons (Fsp3) is 0.308. The molecule has 2 aromatic rings. The highest BCUT2D eigenvalue weighted by atomic mass is 16.6. The monoisotopic (exact) mass is 290 g/mol. The van der Waals surface area contributed by atoms with Gasteiger partial charge in [-0.2, -0.15) is 5.10 Å². The van der Waals surface area contributed by atoms with Gasteiger partial charge in [0, 0.05) is 17.7 Å². The predicted octanol–water partition coefficient (Wildman–Crippen LogP) is 1.96. The fourth-order valence-corrected chi connectivity index (χ4v) is 1.73. The summed E-state index contributed by atoms with van der Waals surface area (Å²) in [5.41, 5.74) is -0.515. The Morgan fingerprint density at radius 3 is 2.81 bits per heavy atom. The number of rotatable bonds is 5. The molecule has 2 rings (SSSR count). The molecule has 0 aliphatic carbocycles. The van der Waals surface area contributed by atoms with Gasteiger partial charge in [-0.3, -0.25) is 19.6 Å². The van der Waals surface area contributed by atoms with Crippen molar-refractivity contribution in [2.24, 2.45) is 5.41 Å². The molecule has 0 amide bonds. The number of carboxylic acids is 1. The van der Waals surface area contributed by atoms with Crippen LogP contribution in [0.15, 0.2) is 30.6 Å². The zero-order valence-corrected chi connectivity index (χ0v) is 11.6. The molecule has 0 bridgehead atoms. The third kappa shape index (κ3) is 3.22. The Morgan fingerprint density at radius 2 is 2.19 bits per heavy atom. The van der Waals surface area contributed by atoms with Gasteiger partial charge in [-0.1, -0.05) is 12.1 Å². The largest absolute Gasteiger partial charge is 0.481 e. The molecular formula is C13H14N4O4. The number of non-ortho nitro benzene ring substituents is 1. The van der Waals surface area contributed by atoms with Crippen molar-refractivity contribution in [1.29, 1.82) is 0 Å². The Kier molecular flexibility index (Phi) is 3.70. The molecule has 8 nitrogen and oxygen atoms in total. The summed E-state index contributed by atoms with van der Waals surface area (Å²) in [4.78, 5) is 25.4. The van der Waals surface area contributed by atoms with Crippen molar-refractivity contribution >= 4 is 11.7 Å². The Morgan fingerprint density at radius 1 is 1.48 bits per heavy atom. The first-order valence-corrected chi connectivity index (χ1v) is 6.17. The lowest BCUT2D eigenvalue weighted by atomic mass is 9.94. The summed E-state index contributed by atoms with van der Waals surface area (Å²) in [6.07, 6.45) is 1.42. The van der Waals surface area contributed by atoms with Gasteiger partial charge >= 0.3 is 5.97 Å². The van der Waals surface area contributed by atoms with E-state index in [1.165, 1.54) is 23.1 Å². The van der Waals surface area contributed by atoms with Crippen LogP contribution in [0.2, 0.25) is 0 Å². The van der Waals surface area contributed by atoms with Gasteiger partial charge < -0.3 is 5.11 Å². The van der Waals surface area contributed by atoms with Crippen LogP contribution in [0.1, 0.15) is 13.8 Å². The Bertz CT molecular complexity index is 693. The average Bonchev–Trinajstić information content (AvgIpc) is 2.86. The highest BCUT2D eigenvalue weighted by Gasteiger charge is 2.28. The van der Waals surface area contributed by atoms with Crippen LogP contribution >= 0.6 is 0 Å². The van der Waals surface area contributed by atoms with Crippen LogP contribution in [0.5, 0.6) is 0 Å². The first kappa shape index (κ1) is 14.6. The van der Waals surface area contributed by atoms with Gasteiger partial charge in [0.05, 0.1) is 16.9 Å². The molecule has 21 heavy (non-hydrogen) atoms. The van der Waals surface area contributed by atoms with E-state index >= 15 is 0 Å². The van der Waals surface area contributed by atoms with Gasteiger partial charge in [-0.25, -0.2) is 4.98 Å². The topological polar surface area (TPSA) is 111 Å². The van der Waals surface area contributed by atoms with Crippen LogP contribution in [0.4, 0.5) is 5.69 Å². The van der Waals surface area contributed by atoms with E-state index in [0.29, 0.717) is 11.4 Å². The van der Waals surface area contributed by atoms with Crippen LogP contribution in [0.25, 0.3) is 11.4 Å². The van der Waals surface area contributed by atoms with E-state index in [-0.39, 0.29) is 12.2 Å². The molecule has 0 aliphatic rings. The number of nitro groups is 1. The summed E-state index contributed by atoms with van der Waals surface area (Å²) < 4.78 is 1.42. The van der Waals surface area contributed by atoms with Crippen LogP contribution in [0.3, 0.4) is 0 Å². The van der Waals surface area contributed by atoms with Crippen molar-refractivity contribution in [3.63, 3.8) is 0 Å². The van der Waals surface area contributed by atoms with E-state index in [1.54, 1.807) is 26.0 Å². The first-order chi connectivity index (χ1) is 9.79. The molecule has 0 fully saturated rings. The third-order valence-electron chi connectivity index (χ3n) is 2.99. The zero-order valence-electron chi connectivity index (χ0n) is 11.6. The maximum Gasteiger partial charge on any atom is 0.310 e. The molecule has 1 aromatic heterocycles. The number of aliphatic carboxylic acids is 1. The minimum atomic E-state index is -0.979. The van der Waals surface area contributed by atoms with Crippen LogP contribution in [-0.2, 0) is 11.3 Å². The molecule has 0 aliphatic heterocycles. The molecule has 0 spiro atoms. The minimum absolute atomic E-state index is 0.0466. The smallest absolute Gasteiger partial charge is 0.310 e. The maximum atomic E-state index is 11.1. The van der Waals surface area contributed by atoms with Crippen molar-refractivity contribution in [3.8, 4) is 11.4 Å². The van der Waals surface area contributed by atoms with E-state index in [1.807, 2.05) is 0 Å². The average molecular weight is 290 g/mol. The third-order valence-corrected chi connectivity index (χ3v) is 2.99. The van der Waals surface area contributed by atoms with Gasteiger partial charge in [0.2, 0.25) is 0 Å². The molecule has 110 valence electrons. The number of hydrogen-bond donors (Lipinski definition) is 1. The number of nitrogens with zero attached hydrogens (tertiary/aromatic N) is 4. The highest BCUT2D eigenvalue weighted by molar-refractivity contribution is 5.73. The Hall–Kier alpha value is -2.77. The number of carbonyl (C=O) groups is 1. The molecule has 1 heterocycles. The molecule has 0 atom stereocenters. The van der Waals surface area contributed by atoms with E-state index < -0.39 is 16.3 Å². The number of hydrogen-bond acceptors (Lipinski definition) is 5. The summed E-state index contributed by atoms with van der Waals surface area (Å²) in [6.45, 7) is 3.33. The summed E-state index contributed by atoms with van der Waals surface area (Å²) in [5, 5.41) is 24.0. The normalized spacial score (nSPS) is 11.3. The number of nitro benzene ring substituents is 1. The fourth-order valence-electron chi connectivity index (χ4n) is 1.73. The molecule has 0 radical (unpaired) electrons. The highest BCUT2D eigenvalue weighted by Crippen LogP contribution is 2.22. The number of aromatic nitrogens is 3. The van der Waals surface area contributed by atoms with Crippen molar-refractivity contribution in [2.75, 3.05) is 0 Å². The van der Waals surface area contributed by atoms with Crippen LogP contribution in [0, 0.1) is 15.5 Å². The standard InChI is InChI=1S/C13H14N4O4/c1-13(2,12(18)19)7-16-8-14-11(15-16)9-4-3-5-10(6-9)17(20)21/h3-6,8H,7H2,1-2H3,(H,18,19). The lowest BCUT2D eigenvalue weighted by molar-refractivity contribution is -0.384. The summed E-state index contributed by atoms with van der Waals surface area (Å²) >= 11 is 0. The van der Waals surface area contributed by atoms with Crippen LogP contribution < -0.4 is 0 Å². The number of benzene rings is 1. The molecule has 0 saturated heterocycles. The minimum Gasteiger partial charge on any atom is -0.481 e. The molecule has 8 heteroatoms. The van der Waals surface area contributed by atoms with Gasteiger partial charge in [0.15, 0.2) is 5.82 Å². The van der Waals surface area contributed by atoms with Gasteiger partial charge in [-0.05, 0) is 13.8 Å². The quantitative estimate of drug-likeness (QED) is 0.665. The summed E-state index contributed by atoms with van der Waals surface area (Å²) in [5.74, 6) is -0.616. The number of carboxylic acid groups (broad SMARTS) is 1. The maximum absolute atomic E-state index is 11.1. The second-order valence-electron chi connectivity index (χ2n) is 5.26. The molecule has 0 unspecified atom stereocenters. The van der Waals surface area contributed by atoms with E-state index in [0.717, 1.165) is 0 Å². The van der Waals surface area contributed by atoms with E-state index in [2.05, 4.69) is 10.1 Å². The molecule has 0 saturated carbocycles. The zero-order chi connectivity index (χ0) is 15.6. The molecular weight excluding hydrogens is 276 g/mol. The van der Waals surface area contributed by atoms with Crippen molar-refractivity contribution in [2.45, 2.75) is 20.4 Å². The second-order valence-corrected chi connectivity index (χ2v) is 5.26. The second kappa shape index (κ2) is 5.31. The van der Waals surface area contributed by atoms with Gasteiger partial charge in [0.25, 0.3) is 5.69 Å². The molecule has 1 aromatic carbocycles. The predicted molar refractivity (Wildman–Crippen MR) is 73.5 cm³/mol. The Labute approximate surface area is 120 Å². The lowest BCUT2D eigenvalue weighted by Crippen LogP contribution is -2.29. The van der Waals surface area contributed by atoms with E-state index in [9.17, 15) is 14.9 Å². The van der Waals surface area contributed by atoms with Gasteiger partial charge in [-0.15, -0.1) is 0 Å². The van der Waals surface area contributed by atoms with Crippen molar-refractivity contribution in [1.82, 2.24) is 14.8 Å². The molecule has 1 N–H and O–H groups in total. The van der Waals surface area contributed by atoms with E-state index in [4.69, 9.17) is 5.11 Å².